The quantitative estimate of drug-likeness (QED) is 0.737. The summed E-state index contributed by atoms with van der Waals surface area (Å²) in [5.74, 6) is 0. The van der Waals surface area contributed by atoms with E-state index in [-0.39, 0.29) is 0 Å². The molecule has 1 heterocycles. The lowest BCUT2D eigenvalue weighted by Crippen LogP contribution is -1.86. The van der Waals surface area contributed by atoms with Gasteiger partial charge in [-0.15, -0.1) is 10.2 Å². The van der Waals surface area contributed by atoms with Gasteiger partial charge in [0.2, 0.25) is 0 Å². The Labute approximate surface area is 96.6 Å². The second kappa shape index (κ2) is 3.52. The molecule has 0 amide bonds. The highest BCUT2D eigenvalue weighted by Crippen LogP contribution is 2.29. The number of fused-ring (bicyclic) bond motifs is 1. The largest absolute Gasteiger partial charge is 0.149 e. The summed E-state index contributed by atoms with van der Waals surface area (Å²) in [5.41, 5.74) is 0.788. The molecule has 2 nitrogen and oxygen atoms in total. The molecular formula is C8H3Br2ClN2. The smallest absolute Gasteiger partial charge is 0.148 e. The molecule has 0 fully saturated rings. The third-order valence-electron chi connectivity index (χ3n) is 1.62. The molecule has 13 heavy (non-hydrogen) atoms. The Kier molecular flexibility index (Phi) is 2.53. The minimum Gasteiger partial charge on any atom is -0.149 e. The maximum absolute atomic E-state index is 6.03. The van der Waals surface area contributed by atoms with Gasteiger partial charge in [0.1, 0.15) is 4.60 Å². The van der Waals surface area contributed by atoms with Crippen molar-refractivity contribution in [3.8, 4) is 0 Å². The number of aromatic nitrogens is 2. The molecular weight excluding hydrogens is 319 g/mol. The molecule has 0 radical (unpaired) electrons. The van der Waals surface area contributed by atoms with Crippen LogP contribution in [-0.2, 0) is 0 Å². The summed E-state index contributed by atoms with van der Waals surface area (Å²) in [6, 6.07) is 5.68. The average Bonchev–Trinajstić information content (AvgIpc) is 2.12. The standard InChI is InChI=1S/C8H3Br2ClN2/c9-4-1-2-6-5(3-4)7(11)8(10)13-12-6/h1-3H. The first-order valence-corrected chi connectivity index (χ1v) is 5.42. The van der Waals surface area contributed by atoms with Crippen molar-refractivity contribution in [1.82, 2.24) is 10.2 Å². The third-order valence-corrected chi connectivity index (χ3v) is 3.28. The highest BCUT2D eigenvalue weighted by atomic mass is 79.9. The Morgan fingerprint density at radius 1 is 1.15 bits per heavy atom. The van der Waals surface area contributed by atoms with E-state index in [2.05, 4.69) is 42.1 Å². The first-order chi connectivity index (χ1) is 6.18. The van der Waals surface area contributed by atoms with Crippen molar-refractivity contribution in [3.63, 3.8) is 0 Å². The van der Waals surface area contributed by atoms with E-state index >= 15 is 0 Å². The van der Waals surface area contributed by atoms with Crippen LogP contribution in [0.25, 0.3) is 10.9 Å². The molecule has 66 valence electrons. The van der Waals surface area contributed by atoms with Crippen LogP contribution in [0.2, 0.25) is 5.02 Å². The Hall–Kier alpha value is -0.190. The number of nitrogens with zero attached hydrogens (tertiary/aromatic N) is 2. The Morgan fingerprint density at radius 3 is 2.69 bits per heavy atom. The van der Waals surface area contributed by atoms with Crippen molar-refractivity contribution < 1.29 is 0 Å². The van der Waals surface area contributed by atoms with Crippen molar-refractivity contribution >= 4 is 54.4 Å². The second-order valence-corrected chi connectivity index (χ2v) is 4.51. The fourth-order valence-electron chi connectivity index (χ4n) is 1.02. The van der Waals surface area contributed by atoms with Crippen molar-refractivity contribution in [1.29, 1.82) is 0 Å². The fraction of sp³-hybridized carbons (Fsp3) is 0. The first-order valence-electron chi connectivity index (χ1n) is 3.45. The van der Waals surface area contributed by atoms with Crippen molar-refractivity contribution in [2.24, 2.45) is 0 Å². The molecule has 0 N–H and O–H groups in total. The monoisotopic (exact) mass is 320 g/mol. The summed E-state index contributed by atoms with van der Waals surface area (Å²) in [6.45, 7) is 0. The minimum absolute atomic E-state index is 0.569. The maximum Gasteiger partial charge on any atom is 0.148 e. The summed E-state index contributed by atoms with van der Waals surface area (Å²) < 4.78 is 1.54. The van der Waals surface area contributed by atoms with Crippen LogP contribution >= 0.6 is 43.5 Å². The SMILES string of the molecule is Clc1c(Br)nnc2ccc(Br)cc12. The van der Waals surface area contributed by atoms with Crippen LogP contribution in [-0.4, -0.2) is 10.2 Å². The molecule has 0 aliphatic heterocycles. The van der Waals surface area contributed by atoms with Gasteiger partial charge in [-0.25, -0.2) is 0 Å². The van der Waals surface area contributed by atoms with E-state index in [0.29, 0.717) is 9.63 Å². The molecule has 0 saturated heterocycles. The zero-order valence-electron chi connectivity index (χ0n) is 6.26. The summed E-state index contributed by atoms with van der Waals surface area (Å²) >= 11 is 12.6. The topological polar surface area (TPSA) is 25.8 Å². The number of benzene rings is 1. The van der Waals surface area contributed by atoms with E-state index in [0.717, 1.165) is 15.4 Å². The Balaban J connectivity index is 2.89. The predicted octanol–water partition coefficient (Wildman–Crippen LogP) is 3.81. The number of rotatable bonds is 0. The Bertz CT molecular complexity index is 468. The average molecular weight is 322 g/mol. The number of halogens is 3. The molecule has 0 unspecified atom stereocenters. The molecule has 5 heteroatoms. The first kappa shape index (κ1) is 9.37. The van der Waals surface area contributed by atoms with Crippen LogP contribution in [0.5, 0.6) is 0 Å². The minimum atomic E-state index is 0.569. The van der Waals surface area contributed by atoms with E-state index in [1.165, 1.54) is 0 Å². The molecule has 0 aliphatic carbocycles. The van der Waals surface area contributed by atoms with E-state index in [1.807, 2.05) is 18.2 Å². The van der Waals surface area contributed by atoms with Gasteiger partial charge < -0.3 is 0 Å². The molecule has 0 saturated carbocycles. The van der Waals surface area contributed by atoms with Gasteiger partial charge in [0.05, 0.1) is 10.5 Å². The molecule has 0 aliphatic rings. The van der Waals surface area contributed by atoms with E-state index in [9.17, 15) is 0 Å². The third kappa shape index (κ3) is 1.71. The van der Waals surface area contributed by atoms with Crippen molar-refractivity contribution in [2.45, 2.75) is 0 Å². The van der Waals surface area contributed by atoms with Crippen LogP contribution in [0.4, 0.5) is 0 Å². The van der Waals surface area contributed by atoms with Gasteiger partial charge in [0.15, 0.2) is 0 Å². The normalized spacial score (nSPS) is 10.7. The molecule has 0 spiro atoms. The molecule has 0 atom stereocenters. The van der Waals surface area contributed by atoms with Crippen molar-refractivity contribution in [3.05, 3.63) is 32.3 Å². The summed E-state index contributed by atoms with van der Waals surface area (Å²) in [7, 11) is 0. The van der Waals surface area contributed by atoms with E-state index in [4.69, 9.17) is 11.6 Å². The summed E-state index contributed by atoms with van der Waals surface area (Å²) in [4.78, 5) is 0. The molecule has 2 rings (SSSR count). The number of hydrogen-bond acceptors (Lipinski definition) is 2. The fourth-order valence-corrected chi connectivity index (χ4v) is 1.87. The summed E-state index contributed by atoms with van der Waals surface area (Å²) in [6.07, 6.45) is 0. The van der Waals surface area contributed by atoms with Crippen LogP contribution in [0.1, 0.15) is 0 Å². The second-order valence-electron chi connectivity index (χ2n) is 2.47. The highest BCUT2D eigenvalue weighted by Gasteiger charge is 2.05. The van der Waals surface area contributed by atoms with Crippen LogP contribution in [0, 0.1) is 0 Å². The maximum atomic E-state index is 6.03. The van der Waals surface area contributed by atoms with Gasteiger partial charge in [-0.3, -0.25) is 0 Å². The van der Waals surface area contributed by atoms with Gasteiger partial charge in [-0.05, 0) is 34.1 Å². The van der Waals surface area contributed by atoms with Crippen molar-refractivity contribution in [2.75, 3.05) is 0 Å². The molecule has 2 aromatic rings. The zero-order chi connectivity index (χ0) is 9.42. The van der Waals surface area contributed by atoms with Gasteiger partial charge in [0.25, 0.3) is 0 Å². The number of hydrogen-bond donors (Lipinski definition) is 0. The van der Waals surface area contributed by atoms with Gasteiger partial charge in [0, 0.05) is 9.86 Å². The molecule has 1 aromatic heterocycles. The lowest BCUT2D eigenvalue weighted by atomic mass is 10.2. The molecule has 1 aromatic carbocycles. The Morgan fingerprint density at radius 2 is 1.92 bits per heavy atom. The molecule has 0 bridgehead atoms. The van der Waals surface area contributed by atoms with Crippen LogP contribution in [0.3, 0.4) is 0 Å². The van der Waals surface area contributed by atoms with Crippen LogP contribution in [0.15, 0.2) is 27.3 Å². The lowest BCUT2D eigenvalue weighted by Gasteiger charge is -2.00. The predicted molar refractivity (Wildman–Crippen MR) is 59.9 cm³/mol. The van der Waals surface area contributed by atoms with E-state index in [1.54, 1.807) is 0 Å². The lowest BCUT2D eigenvalue weighted by molar-refractivity contribution is 1.05. The van der Waals surface area contributed by atoms with Gasteiger partial charge >= 0.3 is 0 Å². The van der Waals surface area contributed by atoms with E-state index < -0.39 is 0 Å². The van der Waals surface area contributed by atoms with Gasteiger partial charge in [-0.2, -0.15) is 0 Å². The van der Waals surface area contributed by atoms with Gasteiger partial charge in [-0.1, -0.05) is 27.5 Å². The van der Waals surface area contributed by atoms with Crippen LogP contribution < -0.4 is 0 Å². The highest BCUT2D eigenvalue weighted by molar-refractivity contribution is 9.10. The zero-order valence-corrected chi connectivity index (χ0v) is 10.2. The summed E-state index contributed by atoms with van der Waals surface area (Å²) in [5, 5.41) is 9.31.